The van der Waals surface area contributed by atoms with Gasteiger partial charge >= 0.3 is 0 Å². The zero-order chi connectivity index (χ0) is 9.80. The lowest BCUT2D eigenvalue weighted by atomic mass is 10.3. The molecule has 0 aliphatic heterocycles. The van der Waals surface area contributed by atoms with Crippen LogP contribution in [0.2, 0.25) is 0 Å². The van der Waals surface area contributed by atoms with E-state index >= 15 is 0 Å². The summed E-state index contributed by atoms with van der Waals surface area (Å²) in [6.07, 6.45) is 1.73. The van der Waals surface area contributed by atoms with Crippen LogP contribution < -0.4 is 0 Å². The fourth-order valence-electron chi connectivity index (χ4n) is 1.22. The van der Waals surface area contributed by atoms with Crippen molar-refractivity contribution in [3.63, 3.8) is 0 Å². The summed E-state index contributed by atoms with van der Waals surface area (Å²) < 4.78 is 7.01. The van der Waals surface area contributed by atoms with E-state index < -0.39 is 0 Å². The fourth-order valence-corrected chi connectivity index (χ4v) is 1.86. The molecule has 2 aromatic rings. The van der Waals surface area contributed by atoms with Gasteiger partial charge in [0.1, 0.15) is 6.33 Å². The lowest BCUT2D eigenvalue weighted by molar-refractivity contribution is 0.187. The van der Waals surface area contributed by atoms with Crippen LogP contribution in [0.15, 0.2) is 23.2 Å². The normalized spacial score (nSPS) is 10.6. The number of ether oxygens (including phenoxy) is 1. The summed E-state index contributed by atoms with van der Waals surface area (Å²) in [5.74, 6) is 0.906. The van der Waals surface area contributed by atoms with E-state index in [0.29, 0.717) is 6.61 Å². The van der Waals surface area contributed by atoms with Gasteiger partial charge in [-0.3, -0.25) is 0 Å². The third-order valence-electron chi connectivity index (χ3n) is 1.93. The summed E-state index contributed by atoms with van der Waals surface area (Å²) in [4.78, 5) is 0. The number of aromatic nitrogens is 3. The first kappa shape index (κ1) is 9.36. The Morgan fingerprint density at radius 2 is 2.50 bits per heavy atom. The Bertz CT molecular complexity index is 382. The quantitative estimate of drug-likeness (QED) is 0.768. The second-order valence-corrected chi connectivity index (χ2v) is 3.63. The third kappa shape index (κ3) is 1.83. The molecule has 4 nitrogen and oxygen atoms in total. The van der Waals surface area contributed by atoms with E-state index in [1.165, 1.54) is 0 Å². The maximum Gasteiger partial charge on any atom is 0.164 e. The van der Waals surface area contributed by atoms with Crippen LogP contribution in [-0.4, -0.2) is 28.5 Å². The summed E-state index contributed by atoms with van der Waals surface area (Å²) in [5, 5.41) is 12.1. The van der Waals surface area contributed by atoms with Crippen LogP contribution in [0.1, 0.15) is 0 Å². The smallest absolute Gasteiger partial charge is 0.164 e. The summed E-state index contributed by atoms with van der Waals surface area (Å²) >= 11 is 1.66. The van der Waals surface area contributed by atoms with Crippen molar-refractivity contribution in [2.75, 3.05) is 13.7 Å². The van der Waals surface area contributed by atoms with Crippen LogP contribution in [0.4, 0.5) is 0 Å². The predicted octanol–water partition coefficient (Wildman–Crippen LogP) is 1.65. The van der Waals surface area contributed by atoms with Crippen molar-refractivity contribution in [3.05, 3.63) is 23.2 Å². The molecule has 0 saturated carbocycles. The summed E-state index contributed by atoms with van der Waals surface area (Å²) in [6.45, 7) is 1.46. The van der Waals surface area contributed by atoms with Gasteiger partial charge in [0, 0.05) is 24.6 Å². The minimum absolute atomic E-state index is 0.676. The molecule has 0 saturated heterocycles. The summed E-state index contributed by atoms with van der Waals surface area (Å²) in [5.41, 5.74) is 1.11. The van der Waals surface area contributed by atoms with Crippen molar-refractivity contribution >= 4 is 11.3 Å². The van der Waals surface area contributed by atoms with Gasteiger partial charge in [-0.1, -0.05) is 0 Å². The number of hydrogen-bond donors (Lipinski definition) is 0. The van der Waals surface area contributed by atoms with Crippen LogP contribution in [-0.2, 0) is 11.3 Å². The summed E-state index contributed by atoms with van der Waals surface area (Å²) in [6, 6.07) is 2.04. The van der Waals surface area contributed by atoms with Crippen LogP contribution in [0.5, 0.6) is 0 Å². The first-order valence-corrected chi connectivity index (χ1v) is 5.25. The molecule has 0 spiro atoms. The molecule has 0 aromatic carbocycles. The van der Waals surface area contributed by atoms with Crippen molar-refractivity contribution in [1.82, 2.24) is 14.8 Å². The fraction of sp³-hybridized carbons (Fsp3) is 0.333. The van der Waals surface area contributed by atoms with Crippen molar-refractivity contribution < 1.29 is 4.74 Å². The van der Waals surface area contributed by atoms with Gasteiger partial charge in [-0.05, 0) is 11.4 Å². The highest BCUT2D eigenvalue weighted by molar-refractivity contribution is 7.08. The van der Waals surface area contributed by atoms with Crippen molar-refractivity contribution in [2.24, 2.45) is 0 Å². The van der Waals surface area contributed by atoms with Gasteiger partial charge in [-0.2, -0.15) is 11.3 Å². The van der Waals surface area contributed by atoms with Gasteiger partial charge in [0.25, 0.3) is 0 Å². The lowest BCUT2D eigenvalue weighted by Crippen LogP contribution is -2.04. The molecule has 0 fully saturated rings. The molecule has 0 atom stereocenters. The second kappa shape index (κ2) is 4.34. The zero-order valence-corrected chi connectivity index (χ0v) is 8.70. The molecular formula is C9H11N3OS. The van der Waals surface area contributed by atoms with Crippen LogP contribution in [0.3, 0.4) is 0 Å². The van der Waals surface area contributed by atoms with Gasteiger partial charge < -0.3 is 9.30 Å². The van der Waals surface area contributed by atoms with Crippen molar-refractivity contribution in [1.29, 1.82) is 0 Å². The van der Waals surface area contributed by atoms with E-state index in [1.807, 2.05) is 16.0 Å². The molecule has 0 bridgehead atoms. The van der Waals surface area contributed by atoms with E-state index in [0.717, 1.165) is 17.9 Å². The molecule has 2 heterocycles. The van der Waals surface area contributed by atoms with Gasteiger partial charge in [0.05, 0.1) is 6.61 Å². The van der Waals surface area contributed by atoms with E-state index in [4.69, 9.17) is 4.74 Å². The van der Waals surface area contributed by atoms with E-state index in [9.17, 15) is 0 Å². The molecule has 0 radical (unpaired) electrons. The molecule has 0 aliphatic carbocycles. The molecule has 0 N–H and O–H groups in total. The van der Waals surface area contributed by atoms with E-state index in [-0.39, 0.29) is 0 Å². The Balaban J connectivity index is 2.22. The topological polar surface area (TPSA) is 39.9 Å². The van der Waals surface area contributed by atoms with Gasteiger partial charge in [-0.25, -0.2) is 0 Å². The highest BCUT2D eigenvalue weighted by atomic mass is 32.1. The molecule has 0 amide bonds. The average Bonchev–Trinajstić information content (AvgIpc) is 2.84. The number of rotatable bonds is 4. The number of nitrogens with zero attached hydrogens (tertiary/aromatic N) is 3. The monoisotopic (exact) mass is 209 g/mol. The minimum Gasteiger partial charge on any atom is -0.383 e. The Labute approximate surface area is 86.2 Å². The lowest BCUT2D eigenvalue weighted by Gasteiger charge is -2.03. The number of hydrogen-bond acceptors (Lipinski definition) is 4. The highest BCUT2D eigenvalue weighted by Crippen LogP contribution is 2.19. The van der Waals surface area contributed by atoms with E-state index in [2.05, 4.69) is 15.6 Å². The van der Waals surface area contributed by atoms with Crippen LogP contribution in [0, 0.1) is 0 Å². The molecule has 0 aliphatic rings. The van der Waals surface area contributed by atoms with Crippen LogP contribution in [0.25, 0.3) is 11.4 Å². The predicted molar refractivity (Wildman–Crippen MR) is 55.2 cm³/mol. The first-order valence-electron chi connectivity index (χ1n) is 4.31. The Hall–Kier alpha value is -1.20. The minimum atomic E-state index is 0.676. The maximum atomic E-state index is 5.01. The molecule has 0 unspecified atom stereocenters. The van der Waals surface area contributed by atoms with Crippen molar-refractivity contribution in [3.8, 4) is 11.4 Å². The molecule has 74 valence electrons. The SMILES string of the molecule is COCCn1cnnc1-c1ccsc1. The van der Waals surface area contributed by atoms with E-state index in [1.54, 1.807) is 24.8 Å². The number of thiophene rings is 1. The zero-order valence-electron chi connectivity index (χ0n) is 7.88. The molecule has 2 rings (SSSR count). The number of methoxy groups -OCH3 is 1. The molecule has 14 heavy (non-hydrogen) atoms. The maximum absolute atomic E-state index is 5.01. The largest absolute Gasteiger partial charge is 0.383 e. The summed E-state index contributed by atoms with van der Waals surface area (Å²) in [7, 11) is 1.69. The molecular weight excluding hydrogens is 198 g/mol. The van der Waals surface area contributed by atoms with Gasteiger partial charge in [0.15, 0.2) is 5.82 Å². The Morgan fingerprint density at radius 3 is 3.21 bits per heavy atom. The second-order valence-electron chi connectivity index (χ2n) is 2.85. The average molecular weight is 209 g/mol. The van der Waals surface area contributed by atoms with Crippen LogP contribution >= 0.6 is 11.3 Å². The standard InChI is InChI=1S/C9H11N3OS/c1-13-4-3-12-7-10-11-9(12)8-2-5-14-6-8/h2,5-7H,3-4H2,1H3. The Morgan fingerprint density at radius 1 is 1.57 bits per heavy atom. The molecule has 2 aromatic heterocycles. The van der Waals surface area contributed by atoms with Gasteiger partial charge in [-0.15, -0.1) is 10.2 Å². The van der Waals surface area contributed by atoms with Gasteiger partial charge in [0.2, 0.25) is 0 Å². The first-order chi connectivity index (χ1) is 6.92. The molecule has 5 heteroatoms. The Kier molecular flexibility index (Phi) is 2.90. The van der Waals surface area contributed by atoms with Crippen molar-refractivity contribution in [2.45, 2.75) is 6.54 Å². The third-order valence-corrected chi connectivity index (χ3v) is 2.61. The highest BCUT2D eigenvalue weighted by Gasteiger charge is 2.06.